The predicted octanol–water partition coefficient (Wildman–Crippen LogP) is 5.35. The number of fused-ring (bicyclic) bond motifs is 1. The Kier molecular flexibility index (Phi) is 11.9. The highest BCUT2D eigenvalue weighted by atomic mass is 35.5. The van der Waals surface area contributed by atoms with Gasteiger partial charge in [-0.25, -0.2) is 0 Å². The summed E-state index contributed by atoms with van der Waals surface area (Å²) >= 11 is 6.57. The van der Waals surface area contributed by atoms with E-state index in [4.69, 9.17) is 35.3 Å². The van der Waals surface area contributed by atoms with Crippen molar-refractivity contribution in [3.8, 4) is 17.6 Å². The summed E-state index contributed by atoms with van der Waals surface area (Å²) in [6.07, 6.45) is 6.47. The van der Waals surface area contributed by atoms with Gasteiger partial charge in [0.2, 0.25) is 5.91 Å². The zero-order chi connectivity index (χ0) is 33.0. The molecule has 1 aliphatic heterocycles. The fourth-order valence-electron chi connectivity index (χ4n) is 4.78. The fourth-order valence-corrected chi connectivity index (χ4v) is 5.02. The van der Waals surface area contributed by atoms with Crippen LogP contribution in [0.3, 0.4) is 0 Å². The number of halogens is 1. The van der Waals surface area contributed by atoms with Crippen LogP contribution in [0.1, 0.15) is 17.7 Å². The molecule has 2 aromatic carbocycles. The standard InChI is InChI=1S/C34H35ClN6O6/c1-43-33(44-2)19-37-11-5-7-32(42)41-29-15-26-28(16-31(29)47-25-10-13-45-21-25)39-18-22(17-36)34(26)40-23-8-9-30(27(35)14-23)46-20-24-6-3-4-12-38-24/h3-9,12,14-16,18,25,33,37H,10-11,13,19-21H2,1-2H3,(H,39,40)(H,41,42)/b7-5+. The van der Waals surface area contributed by atoms with Crippen LogP contribution in [-0.2, 0) is 25.6 Å². The number of pyridine rings is 2. The smallest absolute Gasteiger partial charge is 0.248 e. The van der Waals surface area contributed by atoms with Gasteiger partial charge in [0.05, 0.1) is 46.4 Å². The Morgan fingerprint density at radius 2 is 2.04 bits per heavy atom. The number of amides is 1. The van der Waals surface area contributed by atoms with Crippen LogP contribution in [0.25, 0.3) is 10.9 Å². The van der Waals surface area contributed by atoms with E-state index in [-0.39, 0.29) is 24.9 Å². The van der Waals surface area contributed by atoms with E-state index in [1.54, 1.807) is 56.8 Å². The van der Waals surface area contributed by atoms with Gasteiger partial charge in [-0.15, -0.1) is 0 Å². The maximum atomic E-state index is 13.0. The van der Waals surface area contributed by atoms with Crippen molar-refractivity contribution in [1.29, 1.82) is 5.26 Å². The van der Waals surface area contributed by atoms with Crippen LogP contribution in [0.4, 0.5) is 17.1 Å². The van der Waals surface area contributed by atoms with Crippen molar-refractivity contribution in [2.75, 3.05) is 51.2 Å². The Morgan fingerprint density at radius 1 is 1.17 bits per heavy atom. The van der Waals surface area contributed by atoms with Crippen molar-refractivity contribution in [1.82, 2.24) is 15.3 Å². The van der Waals surface area contributed by atoms with Gasteiger partial charge >= 0.3 is 0 Å². The average Bonchev–Trinajstić information content (AvgIpc) is 3.60. The van der Waals surface area contributed by atoms with Crippen LogP contribution in [0, 0.1) is 11.3 Å². The van der Waals surface area contributed by atoms with E-state index < -0.39 is 0 Å². The molecule has 47 heavy (non-hydrogen) atoms. The molecule has 12 nitrogen and oxygen atoms in total. The molecule has 2 aromatic heterocycles. The van der Waals surface area contributed by atoms with Gasteiger partial charge in [0.25, 0.3) is 0 Å². The van der Waals surface area contributed by atoms with Gasteiger partial charge in [-0.2, -0.15) is 5.26 Å². The molecule has 1 aliphatic rings. The molecule has 0 radical (unpaired) electrons. The molecule has 4 aromatic rings. The summed E-state index contributed by atoms with van der Waals surface area (Å²) < 4.78 is 27.9. The number of carbonyl (C=O) groups is 1. The number of methoxy groups -OCH3 is 2. The molecule has 0 saturated carbocycles. The maximum absolute atomic E-state index is 13.0. The number of nitrogens with zero attached hydrogens (tertiary/aromatic N) is 3. The largest absolute Gasteiger partial charge is 0.486 e. The summed E-state index contributed by atoms with van der Waals surface area (Å²) in [5.74, 6) is 0.573. The lowest BCUT2D eigenvalue weighted by molar-refractivity contribution is -0.111. The third kappa shape index (κ3) is 9.16. The molecule has 1 saturated heterocycles. The minimum absolute atomic E-state index is 0.172. The van der Waals surface area contributed by atoms with Gasteiger partial charge in [0.15, 0.2) is 6.29 Å². The van der Waals surface area contributed by atoms with E-state index in [1.165, 1.54) is 12.3 Å². The molecule has 1 unspecified atom stereocenters. The van der Waals surface area contributed by atoms with Crippen molar-refractivity contribution >= 4 is 45.5 Å². The first kappa shape index (κ1) is 33.6. The minimum atomic E-state index is -0.386. The van der Waals surface area contributed by atoms with Gasteiger partial charge in [0, 0.05) is 69.3 Å². The van der Waals surface area contributed by atoms with Gasteiger partial charge in [0.1, 0.15) is 30.3 Å². The number of hydrogen-bond acceptors (Lipinski definition) is 11. The van der Waals surface area contributed by atoms with Crippen molar-refractivity contribution in [2.24, 2.45) is 0 Å². The van der Waals surface area contributed by atoms with Crippen LogP contribution in [0.2, 0.25) is 5.02 Å². The molecule has 3 heterocycles. The van der Waals surface area contributed by atoms with Gasteiger partial charge in [-0.05, 0) is 36.4 Å². The average molecular weight is 659 g/mol. The maximum Gasteiger partial charge on any atom is 0.248 e. The molecule has 0 spiro atoms. The number of benzene rings is 2. The fraction of sp³-hybridized carbons (Fsp3) is 0.294. The topological polar surface area (TPSA) is 149 Å². The summed E-state index contributed by atoms with van der Waals surface area (Å²) in [6.45, 7) is 2.19. The highest BCUT2D eigenvalue weighted by molar-refractivity contribution is 6.32. The van der Waals surface area contributed by atoms with Crippen LogP contribution in [0.15, 0.2) is 73.1 Å². The molecule has 1 amide bonds. The van der Waals surface area contributed by atoms with Crippen LogP contribution < -0.4 is 25.4 Å². The number of nitriles is 1. The van der Waals surface area contributed by atoms with Gasteiger partial charge in [-0.3, -0.25) is 14.8 Å². The van der Waals surface area contributed by atoms with Crippen molar-refractivity contribution in [2.45, 2.75) is 25.4 Å². The van der Waals surface area contributed by atoms with E-state index >= 15 is 0 Å². The van der Waals surface area contributed by atoms with E-state index in [0.717, 1.165) is 12.1 Å². The van der Waals surface area contributed by atoms with Crippen molar-refractivity contribution in [3.05, 3.63) is 89.4 Å². The molecule has 244 valence electrons. The quantitative estimate of drug-likeness (QED) is 0.0862. The molecule has 0 aliphatic carbocycles. The molecular formula is C34H35ClN6O6. The number of aromatic nitrogens is 2. The predicted molar refractivity (Wildman–Crippen MR) is 178 cm³/mol. The zero-order valence-electron chi connectivity index (χ0n) is 26.0. The summed E-state index contributed by atoms with van der Waals surface area (Å²) in [4.78, 5) is 21.8. The molecule has 5 rings (SSSR count). The van der Waals surface area contributed by atoms with Crippen LogP contribution in [0.5, 0.6) is 11.5 Å². The first-order valence-corrected chi connectivity index (χ1v) is 15.3. The Hall–Kier alpha value is -4.77. The third-order valence-corrected chi connectivity index (χ3v) is 7.50. The van der Waals surface area contributed by atoms with E-state index in [2.05, 4.69) is 32.0 Å². The molecule has 0 bridgehead atoms. The second kappa shape index (κ2) is 16.7. The van der Waals surface area contributed by atoms with Crippen molar-refractivity contribution < 1.29 is 28.5 Å². The van der Waals surface area contributed by atoms with Gasteiger partial charge < -0.3 is 39.6 Å². The number of nitrogens with one attached hydrogen (secondary N) is 3. The third-order valence-electron chi connectivity index (χ3n) is 7.20. The second-order valence-corrected chi connectivity index (χ2v) is 10.9. The normalized spacial score (nSPS) is 14.4. The summed E-state index contributed by atoms with van der Waals surface area (Å²) in [5.41, 5.74) is 3.17. The summed E-state index contributed by atoms with van der Waals surface area (Å²) in [7, 11) is 3.12. The number of anilines is 3. The molecule has 3 N–H and O–H groups in total. The first-order chi connectivity index (χ1) is 23.0. The number of hydrogen-bond donors (Lipinski definition) is 3. The Morgan fingerprint density at radius 3 is 2.77 bits per heavy atom. The summed E-state index contributed by atoms with van der Waals surface area (Å²) in [6, 6.07) is 16.5. The van der Waals surface area contributed by atoms with Crippen molar-refractivity contribution in [3.63, 3.8) is 0 Å². The molecule has 13 heteroatoms. The van der Waals surface area contributed by atoms with E-state index in [1.807, 2.05) is 18.2 Å². The lowest BCUT2D eigenvalue weighted by Crippen LogP contribution is -2.29. The lowest BCUT2D eigenvalue weighted by Gasteiger charge is -2.19. The minimum Gasteiger partial charge on any atom is -0.486 e. The highest BCUT2D eigenvalue weighted by Gasteiger charge is 2.21. The SMILES string of the molecule is COC(CNC/C=C/C(=O)Nc1cc2c(Nc3ccc(OCc4ccccn4)c(Cl)c3)c(C#N)cnc2cc1OC1CCOC1)OC. The van der Waals surface area contributed by atoms with Gasteiger partial charge in [-0.1, -0.05) is 23.7 Å². The van der Waals surface area contributed by atoms with Crippen LogP contribution in [-0.4, -0.2) is 68.8 Å². The molecule has 1 fully saturated rings. The number of rotatable bonds is 15. The number of carbonyl (C=O) groups excluding carboxylic acids is 1. The first-order valence-electron chi connectivity index (χ1n) is 14.9. The van der Waals surface area contributed by atoms with E-state index in [9.17, 15) is 10.1 Å². The Bertz CT molecular complexity index is 1740. The lowest BCUT2D eigenvalue weighted by atomic mass is 10.1. The van der Waals surface area contributed by atoms with E-state index in [0.29, 0.717) is 76.4 Å². The monoisotopic (exact) mass is 658 g/mol. The van der Waals surface area contributed by atoms with Crippen LogP contribution >= 0.6 is 11.6 Å². The molecular weight excluding hydrogens is 624 g/mol. The Balaban J connectivity index is 1.39. The number of ether oxygens (including phenoxy) is 5. The molecule has 1 atom stereocenters. The highest BCUT2D eigenvalue weighted by Crippen LogP contribution is 2.38. The summed E-state index contributed by atoms with van der Waals surface area (Å²) in [5, 5.41) is 20.3. The second-order valence-electron chi connectivity index (χ2n) is 10.5. The zero-order valence-corrected chi connectivity index (χ0v) is 26.8. The Labute approximate surface area is 277 Å².